The van der Waals surface area contributed by atoms with Crippen LogP contribution in [0.15, 0.2) is 70.8 Å². The Kier molecular flexibility index (Phi) is 9.23. The molecule has 0 spiro atoms. The van der Waals surface area contributed by atoms with E-state index in [1.807, 2.05) is 114 Å². The molecule has 53 heavy (non-hydrogen) atoms. The van der Waals surface area contributed by atoms with E-state index in [0.29, 0.717) is 0 Å². The van der Waals surface area contributed by atoms with Crippen molar-refractivity contribution in [3.63, 3.8) is 0 Å². The topological polar surface area (TPSA) is 124 Å². The molecule has 1 fully saturated rings. The van der Waals surface area contributed by atoms with Gasteiger partial charge in [-0.25, -0.2) is 4.98 Å². The van der Waals surface area contributed by atoms with Crippen molar-refractivity contribution in [1.82, 2.24) is 15.0 Å². The lowest BCUT2D eigenvalue weighted by atomic mass is 9.57. The fraction of sp³-hybridized carbons (Fsp3) is 0.415. The molecule has 0 radical (unpaired) electrons. The van der Waals surface area contributed by atoms with Crippen LogP contribution in [0.5, 0.6) is 11.6 Å². The van der Waals surface area contributed by atoms with Crippen LogP contribution in [0.25, 0.3) is 5.76 Å². The molecule has 4 aromatic rings. The fourth-order valence-corrected chi connectivity index (χ4v) is 9.32. The lowest BCUT2D eigenvalue weighted by Crippen LogP contribution is -2.68. The van der Waals surface area contributed by atoms with Crippen molar-refractivity contribution < 1.29 is 37.5 Å². The van der Waals surface area contributed by atoms with E-state index in [4.69, 9.17) is 18.4 Å². The quantitative estimate of drug-likeness (QED) is 0.103. The van der Waals surface area contributed by atoms with Gasteiger partial charge in [0.2, 0.25) is 17.5 Å². The van der Waals surface area contributed by atoms with Gasteiger partial charge in [0.25, 0.3) is 5.88 Å². The Morgan fingerprint density at radius 1 is 0.962 bits per heavy atom. The number of benzene rings is 2. The first-order valence-electron chi connectivity index (χ1n) is 18.0. The predicted molar refractivity (Wildman–Crippen MR) is 199 cm³/mol. The van der Waals surface area contributed by atoms with Gasteiger partial charge in [0, 0.05) is 17.1 Å². The molecule has 4 atom stereocenters. The van der Waals surface area contributed by atoms with Crippen LogP contribution in [-0.4, -0.2) is 59.7 Å². The maximum absolute atomic E-state index is 15.8. The van der Waals surface area contributed by atoms with Gasteiger partial charge in [0.05, 0.1) is 17.3 Å². The summed E-state index contributed by atoms with van der Waals surface area (Å²) in [4.78, 5) is 37.0. The van der Waals surface area contributed by atoms with Crippen LogP contribution in [0.2, 0.25) is 18.1 Å². The molecule has 0 bridgehead atoms. The highest BCUT2D eigenvalue weighted by Crippen LogP contribution is 2.59. The molecule has 3 aliphatic carbocycles. The van der Waals surface area contributed by atoms with Crippen LogP contribution in [0.4, 0.5) is 4.39 Å². The van der Waals surface area contributed by atoms with Gasteiger partial charge in [0.15, 0.2) is 25.4 Å². The molecule has 0 unspecified atom stereocenters. The molecule has 1 N–H and O–H groups in total. The summed E-state index contributed by atoms with van der Waals surface area (Å²) in [5.74, 6) is -3.40. The van der Waals surface area contributed by atoms with Crippen LogP contribution < -0.4 is 9.47 Å². The first kappa shape index (κ1) is 36.7. The summed E-state index contributed by atoms with van der Waals surface area (Å²) in [7, 11) is 0.768. The van der Waals surface area contributed by atoms with E-state index in [1.54, 1.807) is 6.92 Å². The number of nitrogens with zero attached hydrogens (tertiary/aromatic N) is 3. The summed E-state index contributed by atoms with van der Waals surface area (Å²) in [6, 6.07) is 18.3. The number of aliphatic hydroxyl groups excluding tert-OH is 1. The van der Waals surface area contributed by atoms with Gasteiger partial charge < -0.3 is 23.5 Å². The highest BCUT2D eigenvalue weighted by atomic mass is 28.4. The van der Waals surface area contributed by atoms with E-state index in [1.165, 1.54) is 0 Å². The number of carbonyl (C=O) groups excluding carboxylic acids is 2. The first-order valence-corrected chi connectivity index (χ1v) is 20.9. The number of rotatable bonds is 9. The zero-order valence-electron chi connectivity index (χ0n) is 31.5. The van der Waals surface area contributed by atoms with E-state index in [0.717, 1.165) is 11.1 Å². The number of hydrogen-bond acceptors (Lipinski definition) is 10. The summed E-state index contributed by atoms with van der Waals surface area (Å²) in [6.07, 6.45) is 0.276. The average molecular weight is 740 g/mol. The van der Waals surface area contributed by atoms with Crippen LogP contribution in [0.1, 0.15) is 77.3 Å². The van der Waals surface area contributed by atoms with Crippen molar-refractivity contribution in [2.75, 3.05) is 14.1 Å². The first-order chi connectivity index (χ1) is 25.1. The smallest absolute Gasteiger partial charge is 0.265 e. The van der Waals surface area contributed by atoms with Gasteiger partial charge in [0.1, 0.15) is 24.5 Å². The van der Waals surface area contributed by atoms with Crippen LogP contribution in [0, 0.1) is 24.7 Å². The third-order valence-corrected chi connectivity index (χ3v) is 15.9. The standard InChI is InChI=1S/C41H46FN3O7Si/c1-23-34(49-21-24-15-11-9-12-16-24)30-27(38(42)43-23)19-26-20-28-32(45(5)6)35-31(39(44-51-35)50-22-25-17-13-10-14-18-25)37(48)41(28,36(47)29(26)33(30)46)52-53(7,8)40(2,3)4/h9-18,26,28,32,46H,19-22H2,1-8H3/t26-,28-,32-,41-/m0/s1. The van der Waals surface area contributed by atoms with Crippen molar-refractivity contribution in [3.8, 4) is 11.6 Å². The van der Waals surface area contributed by atoms with E-state index in [9.17, 15) is 5.11 Å². The zero-order chi connectivity index (χ0) is 38.0. The summed E-state index contributed by atoms with van der Waals surface area (Å²) >= 11 is 0. The molecule has 0 aliphatic heterocycles. The summed E-state index contributed by atoms with van der Waals surface area (Å²) < 4.78 is 41.3. The maximum atomic E-state index is 15.8. The number of aromatic nitrogens is 2. The van der Waals surface area contributed by atoms with Crippen LogP contribution in [0.3, 0.4) is 0 Å². The molecule has 12 heteroatoms. The molecule has 3 aliphatic rings. The molecule has 2 aromatic heterocycles. The number of halogens is 1. The van der Waals surface area contributed by atoms with Gasteiger partial charge in [-0.15, -0.1) is 0 Å². The van der Waals surface area contributed by atoms with Crippen molar-refractivity contribution in [2.24, 2.45) is 11.8 Å². The SMILES string of the molecule is Cc1nc(F)c2c(c1OCc1ccccc1)C(O)=C1C(=O)[C@]3(O[Si](C)(C)C(C)(C)C)C(=O)c4c(OCc5ccccc5)noc4[C@@H](N(C)C)[C@@H]3C[C@@H]1C2. The second-order valence-electron chi connectivity index (χ2n) is 16.1. The third kappa shape index (κ3) is 6.00. The molecule has 2 heterocycles. The predicted octanol–water partition coefficient (Wildman–Crippen LogP) is 7.97. The second-order valence-corrected chi connectivity index (χ2v) is 20.8. The van der Waals surface area contributed by atoms with Crippen molar-refractivity contribution in [2.45, 2.75) is 83.5 Å². The lowest BCUT2D eigenvalue weighted by Gasteiger charge is -2.55. The largest absolute Gasteiger partial charge is 0.507 e. The monoisotopic (exact) mass is 739 g/mol. The molecular weight excluding hydrogens is 694 g/mol. The van der Waals surface area contributed by atoms with E-state index in [2.05, 4.69) is 10.1 Å². The molecule has 10 nitrogen and oxygen atoms in total. The van der Waals surface area contributed by atoms with Gasteiger partial charge in [-0.1, -0.05) is 81.4 Å². The maximum Gasteiger partial charge on any atom is 0.265 e. The fourth-order valence-electron chi connectivity index (χ4n) is 7.87. The minimum atomic E-state index is -2.93. The van der Waals surface area contributed by atoms with Gasteiger partial charge in [-0.2, -0.15) is 4.39 Å². The molecule has 1 saturated carbocycles. The van der Waals surface area contributed by atoms with Crippen LogP contribution in [-0.2, 0) is 28.9 Å². The van der Waals surface area contributed by atoms with Crippen molar-refractivity contribution in [1.29, 1.82) is 0 Å². The number of aryl methyl sites for hydroxylation is 1. The number of Topliss-reactive ketones (excluding diaryl/α,β-unsaturated/α-hetero) is 2. The van der Waals surface area contributed by atoms with E-state index >= 15 is 14.0 Å². The normalized spacial score (nSPS) is 22.6. The summed E-state index contributed by atoms with van der Waals surface area (Å²) in [5.41, 5.74) is 0.206. The average Bonchev–Trinajstić information content (AvgIpc) is 3.52. The van der Waals surface area contributed by atoms with E-state index in [-0.39, 0.29) is 71.4 Å². The molecule has 2 aromatic carbocycles. The van der Waals surface area contributed by atoms with Crippen molar-refractivity contribution in [3.05, 3.63) is 111 Å². The number of hydrogen-bond donors (Lipinski definition) is 1. The molecule has 0 saturated heterocycles. The zero-order valence-corrected chi connectivity index (χ0v) is 32.5. The molecular formula is C41H46FN3O7Si. The van der Waals surface area contributed by atoms with Crippen LogP contribution >= 0.6 is 0 Å². The van der Waals surface area contributed by atoms with Gasteiger partial charge >= 0.3 is 0 Å². The molecule has 278 valence electrons. The number of fused-ring (bicyclic) bond motifs is 4. The lowest BCUT2D eigenvalue weighted by molar-refractivity contribution is -0.140. The summed E-state index contributed by atoms with van der Waals surface area (Å²) in [5, 5.41) is 16.1. The Hall–Kier alpha value is -4.65. The number of carbonyl (C=O) groups is 2. The number of aliphatic hydroxyl groups is 1. The van der Waals surface area contributed by atoms with Gasteiger partial charge in [-0.05, 0) is 74.2 Å². The minimum absolute atomic E-state index is 0.0273. The van der Waals surface area contributed by atoms with Crippen molar-refractivity contribution >= 4 is 25.6 Å². The Bertz CT molecular complexity index is 2110. The Labute approximate surface area is 310 Å². The Balaban J connectivity index is 1.41. The number of ketones is 2. The minimum Gasteiger partial charge on any atom is -0.507 e. The Morgan fingerprint density at radius 2 is 1.57 bits per heavy atom. The number of pyridine rings is 1. The van der Waals surface area contributed by atoms with E-state index < -0.39 is 60.1 Å². The highest BCUT2D eigenvalue weighted by molar-refractivity contribution is 6.74. The molecule has 7 rings (SSSR count). The highest BCUT2D eigenvalue weighted by Gasteiger charge is 2.69. The summed E-state index contributed by atoms with van der Waals surface area (Å²) in [6.45, 7) is 12.0. The van der Waals surface area contributed by atoms with Gasteiger partial charge in [-0.3, -0.25) is 14.5 Å². The third-order valence-electron chi connectivity index (χ3n) is 11.5. The molecule has 0 amide bonds. The second kappa shape index (κ2) is 13.3. The number of ether oxygens (including phenoxy) is 2. The Morgan fingerprint density at radius 3 is 2.15 bits per heavy atom.